The molecule has 144 valence electrons. The second-order valence-corrected chi connectivity index (χ2v) is 7.47. The second-order valence-electron chi connectivity index (χ2n) is 7.47. The van der Waals surface area contributed by atoms with E-state index in [4.69, 9.17) is 14.1 Å². The lowest BCUT2D eigenvalue weighted by molar-refractivity contribution is 0.123. The molecule has 29 heavy (non-hydrogen) atoms. The Bertz CT molecular complexity index is 1360. The van der Waals surface area contributed by atoms with E-state index in [-0.39, 0.29) is 0 Å². The van der Waals surface area contributed by atoms with Crippen LogP contribution in [0.5, 0.6) is 0 Å². The molecule has 1 aliphatic rings. The second kappa shape index (κ2) is 6.32. The van der Waals surface area contributed by atoms with Crippen molar-refractivity contribution in [2.24, 2.45) is 7.05 Å². The SMILES string of the molecule is Cn1cc(-c2ccc3nc4c(oc5ccccc54)c(N4CCOCC4)c3c2)cn1. The van der Waals surface area contributed by atoms with Gasteiger partial charge in [0.2, 0.25) is 0 Å². The van der Waals surface area contributed by atoms with E-state index in [9.17, 15) is 0 Å². The largest absolute Gasteiger partial charge is 0.452 e. The van der Waals surface area contributed by atoms with Gasteiger partial charge in [-0.25, -0.2) is 4.98 Å². The summed E-state index contributed by atoms with van der Waals surface area (Å²) in [5.74, 6) is 0. The van der Waals surface area contributed by atoms with Crippen LogP contribution in [0.3, 0.4) is 0 Å². The molecule has 0 N–H and O–H groups in total. The number of nitrogens with zero attached hydrogens (tertiary/aromatic N) is 4. The third-order valence-corrected chi connectivity index (χ3v) is 5.63. The number of anilines is 1. The van der Waals surface area contributed by atoms with Crippen LogP contribution in [0.2, 0.25) is 0 Å². The van der Waals surface area contributed by atoms with E-state index in [1.807, 2.05) is 42.3 Å². The van der Waals surface area contributed by atoms with Crippen molar-refractivity contribution in [2.45, 2.75) is 0 Å². The zero-order valence-electron chi connectivity index (χ0n) is 16.1. The Morgan fingerprint density at radius 1 is 0.966 bits per heavy atom. The van der Waals surface area contributed by atoms with Crippen molar-refractivity contribution in [3.63, 3.8) is 0 Å². The molecule has 0 aliphatic carbocycles. The minimum absolute atomic E-state index is 0.716. The number of morpholine rings is 1. The molecule has 0 spiro atoms. The van der Waals surface area contributed by atoms with Crippen molar-refractivity contribution in [3.05, 3.63) is 54.9 Å². The van der Waals surface area contributed by atoms with E-state index >= 15 is 0 Å². The number of furan rings is 1. The standard InChI is InChI=1S/C23H20N4O2/c1-26-14-16(13-24-26)15-6-7-19-18(12-15)22(27-8-10-28-11-9-27)23-21(25-19)17-4-2-3-5-20(17)29-23/h2-7,12-14H,8-11H2,1H3. The number of aromatic nitrogens is 3. The molecule has 1 aliphatic heterocycles. The first kappa shape index (κ1) is 16.6. The van der Waals surface area contributed by atoms with E-state index in [0.717, 1.165) is 62.9 Å². The molecule has 0 amide bonds. The van der Waals surface area contributed by atoms with Crippen LogP contribution in [0.15, 0.2) is 59.3 Å². The summed E-state index contributed by atoms with van der Waals surface area (Å²) in [6, 6.07) is 14.5. The number of benzene rings is 2. The quantitative estimate of drug-likeness (QED) is 0.452. The number of ether oxygens (including phenoxy) is 1. The molecule has 6 heteroatoms. The lowest BCUT2D eigenvalue weighted by Gasteiger charge is -2.29. The van der Waals surface area contributed by atoms with Crippen LogP contribution in [0, 0.1) is 0 Å². The van der Waals surface area contributed by atoms with E-state index in [1.54, 1.807) is 0 Å². The van der Waals surface area contributed by atoms with Gasteiger partial charge in [-0.3, -0.25) is 4.68 Å². The smallest absolute Gasteiger partial charge is 0.177 e. The van der Waals surface area contributed by atoms with Gasteiger partial charge in [0.05, 0.1) is 30.6 Å². The molecule has 1 saturated heterocycles. The van der Waals surface area contributed by atoms with Crippen molar-refractivity contribution in [1.82, 2.24) is 14.8 Å². The van der Waals surface area contributed by atoms with E-state index < -0.39 is 0 Å². The molecular formula is C23H20N4O2. The number of aryl methyl sites for hydroxylation is 1. The fourth-order valence-corrected chi connectivity index (χ4v) is 4.22. The topological polar surface area (TPSA) is 56.3 Å². The number of pyridine rings is 1. The van der Waals surface area contributed by atoms with Gasteiger partial charge in [-0.1, -0.05) is 18.2 Å². The molecule has 1 fully saturated rings. The Labute approximate surface area is 167 Å². The highest BCUT2D eigenvalue weighted by molar-refractivity contribution is 6.14. The van der Waals surface area contributed by atoms with E-state index in [0.29, 0.717) is 13.2 Å². The fraction of sp³-hybridized carbons (Fsp3) is 0.217. The van der Waals surface area contributed by atoms with Gasteiger partial charge in [0.15, 0.2) is 5.58 Å². The van der Waals surface area contributed by atoms with Crippen LogP contribution in [0.4, 0.5) is 5.69 Å². The van der Waals surface area contributed by atoms with Gasteiger partial charge < -0.3 is 14.1 Å². The Morgan fingerprint density at radius 3 is 2.66 bits per heavy atom. The third-order valence-electron chi connectivity index (χ3n) is 5.63. The molecule has 2 aromatic carbocycles. The lowest BCUT2D eigenvalue weighted by Crippen LogP contribution is -2.36. The van der Waals surface area contributed by atoms with Crippen LogP contribution < -0.4 is 4.90 Å². The van der Waals surface area contributed by atoms with Crippen molar-refractivity contribution >= 4 is 38.7 Å². The average molecular weight is 384 g/mol. The summed E-state index contributed by atoms with van der Waals surface area (Å²) in [5, 5.41) is 6.47. The molecule has 4 heterocycles. The van der Waals surface area contributed by atoms with Gasteiger partial charge in [-0.05, 0) is 29.8 Å². The summed E-state index contributed by atoms with van der Waals surface area (Å²) < 4.78 is 13.8. The predicted molar refractivity (Wildman–Crippen MR) is 114 cm³/mol. The maximum absolute atomic E-state index is 6.33. The third kappa shape index (κ3) is 2.60. The van der Waals surface area contributed by atoms with Gasteiger partial charge in [-0.2, -0.15) is 5.10 Å². The Kier molecular flexibility index (Phi) is 3.61. The van der Waals surface area contributed by atoms with E-state index in [1.165, 1.54) is 0 Å². The molecule has 3 aromatic heterocycles. The summed E-state index contributed by atoms with van der Waals surface area (Å²) in [4.78, 5) is 7.36. The first-order valence-electron chi connectivity index (χ1n) is 9.85. The molecule has 6 nitrogen and oxygen atoms in total. The van der Waals surface area contributed by atoms with Crippen LogP contribution in [-0.4, -0.2) is 41.1 Å². The van der Waals surface area contributed by atoms with Gasteiger partial charge in [0, 0.05) is 42.7 Å². The zero-order valence-corrected chi connectivity index (χ0v) is 16.1. The van der Waals surface area contributed by atoms with Crippen LogP contribution >= 0.6 is 0 Å². The van der Waals surface area contributed by atoms with Gasteiger partial charge in [-0.15, -0.1) is 0 Å². The number of para-hydroxylation sites is 1. The van der Waals surface area contributed by atoms with Crippen molar-refractivity contribution in [1.29, 1.82) is 0 Å². The number of hydrogen-bond acceptors (Lipinski definition) is 5. The average Bonchev–Trinajstić information content (AvgIpc) is 3.36. The van der Waals surface area contributed by atoms with Crippen molar-refractivity contribution < 1.29 is 9.15 Å². The summed E-state index contributed by atoms with van der Waals surface area (Å²) >= 11 is 0. The van der Waals surface area contributed by atoms with Crippen molar-refractivity contribution in [2.75, 3.05) is 31.2 Å². The van der Waals surface area contributed by atoms with Gasteiger partial charge in [0.25, 0.3) is 0 Å². The number of hydrogen-bond donors (Lipinski definition) is 0. The van der Waals surface area contributed by atoms with Gasteiger partial charge >= 0.3 is 0 Å². The first-order chi connectivity index (χ1) is 14.3. The maximum Gasteiger partial charge on any atom is 0.177 e. The van der Waals surface area contributed by atoms with Crippen LogP contribution in [0.25, 0.3) is 44.1 Å². The highest BCUT2D eigenvalue weighted by atomic mass is 16.5. The molecule has 0 atom stereocenters. The highest BCUT2D eigenvalue weighted by Gasteiger charge is 2.22. The molecule has 0 bridgehead atoms. The lowest BCUT2D eigenvalue weighted by atomic mass is 10.0. The van der Waals surface area contributed by atoms with Crippen molar-refractivity contribution in [3.8, 4) is 11.1 Å². The van der Waals surface area contributed by atoms with Crippen LogP contribution in [0.1, 0.15) is 0 Å². The Morgan fingerprint density at radius 2 is 1.83 bits per heavy atom. The van der Waals surface area contributed by atoms with E-state index in [2.05, 4.69) is 34.3 Å². The Hall–Kier alpha value is -3.38. The number of rotatable bonds is 2. The van der Waals surface area contributed by atoms with Crippen LogP contribution in [-0.2, 0) is 11.8 Å². The summed E-state index contributed by atoms with van der Waals surface area (Å²) in [7, 11) is 1.93. The predicted octanol–water partition coefficient (Wildman–Crippen LogP) is 4.37. The maximum atomic E-state index is 6.33. The highest BCUT2D eigenvalue weighted by Crippen LogP contribution is 2.40. The van der Waals surface area contributed by atoms with Gasteiger partial charge in [0.1, 0.15) is 11.1 Å². The first-order valence-corrected chi connectivity index (χ1v) is 9.85. The Balaban J connectivity index is 1.69. The normalized spacial score (nSPS) is 15.0. The molecular weight excluding hydrogens is 364 g/mol. The fourth-order valence-electron chi connectivity index (χ4n) is 4.22. The zero-order chi connectivity index (χ0) is 19.4. The molecule has 0 unspecified atom stereocenters. The minimum atomic E-state index is 0.716. The molecule has 0 radical (unpaired) electrons. The molecule has 6 rings (SSSR count). The molecule has 5 aromatic rings. The minimum Gasteiger partial charge on any atom is -0.452 e. The number of fused-ring (bicyclic) bond motifs is 4. The summed E-state index contributed by atoms with van der Waals surface area (Å²) in [5.41, 5.74) is 6.93. The summed E-state index contributed by atoms with van der Waals surface area (Å²) in [6.45, 7) is 3.10. The monoisotopic (exact) mass is 384 g/mol. The summed E-state index contributed by atoms with van der Waals surface area (Å²) in [6.07, 6.45) is 3.92. The molecule has 0 saturated carbocycles.